The van der Waals surface area contributed by atoms with Crippen LogP contribution in [0.25, 0.3) is 32.9 Å². The Labute approximate surface area is 168 Å². The van der Waals surface area contributed by atoms with Crippen molar-refractivity contribution in [3.8, 4) is 0 Å². The van der Waals surface area contributed by atoms with Gasteiger partial charge in [-0.2, -0.15) is 0 Å². The lowest BCUT2D eigenvalue weighted by atomic mass is 10.0. The van der Waals surface area contributed by atoms with Crippen LogP contribution in [0.15, 0.2) is 69.5 Å². The van der Waals surface area contributed by atoms with Gasteiger partial charge in [0.25, 0.3) is 0 Å². The maximum absolute atomic E-state index is 6.42. The standard InChI is InChI=1S/C25H22N2O2/c1-15-13-14-17-16-9-5-7-11-19(16)28-23(17)21(15)27-22-18-10-6-8-12-20(18)29-24(22)26(4)25(27,2)3/h5-14H,1-4H3. The normalized spacial score (nSPS) is 15.7. The molecule has 0 radical (unpaired) electrons. The van der Waals surface area contributed by atoms with E-state index in [9.17, 15) is 0 Å². The first kappa shape index (κ1) is 16.5. The molecule has 0 atom stereocenters. The molecule has 5 aromatic rings. The lowest BCUT2D eigenvalue weighted by molar-refractivity contribution is 0.488. The zero-order chi connectivity index (χ0) is 19.9. The van der Waals surface area contributed by atoms with Gasteiger partial charge in [-0.15, -0.1) is 0 Å². The van der Waals surface area contributed by atoms with E-state index in [1.807, 2.05) is 24.3 Å². The molecule has 4 nitrogen and oxygen atoms in total. The molecule has 0 bridgehead atoms. The van der Waals surface area contributed by atoms with Crippen LogP contribution in [0, 0.1) is 6.92 Å². The molecule has 0 saturated carbocycles. The number of furan rings is 2. The van der Waals surface area contributed by atoms with E-state index in [0.717, 1.165) is 50.2 Å². The Morgan fingerprint density at radius 1 is 0.724 bits per heavy atom. The van der Waals surface area contributed by atoms with Gasteiger partial charge in [-0.05, 0) is 44.5 Å². The Hall–Kier alpha value is -3.40. The molecule has 144 valence electrons. The third-order valence-electron chi connectivity index (χ3n) is 6.39. The highest BCUT2D eigenvalue weighted by molar-refractivity contribution is 6.13. The predicted octanol–water partition coefficient (Wildman–Crippen LogP) is 6.96. The maximum atomic E-state index is 6.42. The van der Waals surface area contributed by atoms with Crippen LogP contribution in [-0.4, -0.2) is 12.7 Å². The summed E-state index contributed by atoms with van der Waals surface area (Å²) >= 11 is 0. The number of anilines is 3. The molecule has 0 amide bonds. The molecule has 0 N–H and O–H groups in total. The van der Waals surface area contributed by atoms with Gasteiger partial charge < -0.3 is 18.6 Å². The van der Waals surface area contributed by atoms with Gasteiger partial charge in [-0.25, -0.2) is 0 Å². The van der Waals surface area contributed by atoms with Crippen LogP contribution in [0.4, 0.5) is 17.3 Å². The third-order valence-corrected chi connectivity index (χ3v) is 6.39. The number of nitrogens with zero attached hydrogens (tertiary/aromatic N) is 2. The summed E-state index contributed by atoms with van der Waals surface area (Å²) in [6.45, 7) is 6.59. The zero-order valence-corrected chi connectivity index (χ0v) is 17.0. The third kappa shape index (κ3) is 1.98. The summed E-state index contributed by atoms with van der Waals surface area (Å²) in [7, 11) is 2.09. The fraction of sp³-hybridized carbons (Fsp3) is 0.200. The van der Waals surface area contributed by atoms with Gasteiger partial charge in [-0.1, -0.05) is 42.5 Å². The number of fused-ring (bicyclic) bond motifs is 6. The highest BCUT2D eigenvalue weighted by atomic mass is 16.4. The molecule has 0 unspecified atom stereocenters. The van der Waals surface area contributed by atoms with Crippen molar-refractivity contribution in [2.75, 3.05) is 16.8 Å². The molecule has 0 aliphatic carbocycles. The fourth-order valence-corrected chi connectivity index (χ4v) is 4.67. The van der Waals surface area contributed by atoms with E-state index in [0.29, 0.717) is 0 Å². The first-order valence-electron chi connectivity index (χ1n) is 9.95. The second-order valence-corrected chi connectivity index (χ2v) is 8.35. The highest BCUT2D eigenvalue weighted by Gasteiger charge is 2.46. The van der Waals surface area contributed by atoms with Crippen LogP contribution in [0.3, 0.4) is 0 Å². The van der Waals surface area contributed by atoms with Gasteiger partial charge in [0.15, 0.2) is 5.58 Å². The van der Waals surface area contributed by atoms with Crippen molar-refractivity contribution in [2.45, 2.75) is 26.4 Å². The number of hydrogen-bond donors (Lipinski definition) is 0. The lowest BCUT2D eigenvalue weighted by Crippen LogP contribution is -2.49. The number of para-hydroxylation sites is 2. The summed E-state index contributed by atoms with van der Waals surface area (Å²) in [6, 6.07) is 20.8. The minimum Gasteiger partial charge on any atom is -0.454 e. The van der Waals surface area contributed by atoms with Crippen LogP contribution in [-0.2, 0) is 0 Å². The van der Waals surface area contributed by atoms with E-state index in [4.69, 9.17) is 8.83 Å². The van der Waals surface area contributed by atoms with Gasteiger partial charge >= 0.3 is 0 Å². The van der Waals surface area contributed by atoms with E-state index >= 15 is 0 Å². The first-order chi connectivity index (χ1) is 14.0. The van der Waals surface area contributed by atoms with Gasteiger partial charge in [0.2, 0.25) is 5.88 Å². The van der Waals surface area contributed by atoms with Crippen LogP contribution in [0.1, 0.15) is 19.4 Å². The summed E-state index contributed by atoms with van der Waals surface area (Å²) in [4.78, 5) is 4.59. The predicted molar refractivity (Wildman–Crippen MR) is 119 cm³/mol. The second kappa shape index (κ2) is 5.35. The average molecular weight is 382 g/mol. The molecule has 3 heterocycles. The first-order valence-corrected chi connectivity index (χ1v) is 9.95. The molecular weight excluding hydrogens is 360 g/mol. The van der Waals surface area contributed by atoms with Crippen molar-refractivity contribution in [3.63, 3.8) is 0 Å². The van der Waals surface area contributed by atoms with Gasteiger partial charge in [0.05, 0.1) is 5.69 Å². The molecular formula is C25H22N2O2. The van der Waals surface area contributed by atoms with E-state index in [1.54, 1.807) is 0 Å². The molecule has 0 fully saturated rings. The molecule has 2 aromatic heterocycles. The second-order valence-electron chi connectivity index (χ2n) is 8.35. The summed E-state index contributed by atoms with van der Waals surface area (Å²) in [6.07, 6.45) is 0. The summed E-state index contributed by atoms with van der Waals surface area (Å²) in [5, 5.41) is 3.40. The molecule has 6 rings (SSSR count). The molecule has 0 saturated heterocycles. The van der Waals surface area contributed by atoms with Crippen LogP contribution >= 0.6 is 0 Å². The Morgan fingerprint density at radius 2 is 1.38 bits per heavy atom. The Kier molecular flexibility index (Phi) is 3.05. The van der Waals surface area contributed by atoms with Crippen molar-refractivity contribution < 1.29 is 8.83 Å². The van der Waals surface area contributed by atoms with Gasteiger partial charge in [-0.3, -0.25) is 0 Å². The molecule has 1 aliphatic heterocycles. The summed E-state index contributed by atoms with van der Waals surface area (Å²) in [5.74, 6) is 0.892. The zero-order valence-electron chi connectivity index (χ0n) is 17.0. The average Bonchev–Trinajstić information content (AvgIpc) is 3.32. The smallest absolute Gasteiger partial charge is 0.222 e. The minimum absolute atomic E-state index is 0.309. The van der Waals surface area contributed by atoms with E-state index in [2.05, 4.69) is 74.0 Å². The van der Waals surface area contributed by atoms with Crippen molar-refractivity contribution in [1.29, 1.82) is 0 Å². The van der Waals surface area contributed by atoms with Crippen molar-refractivity contribution >= 4 is 50.2 Å². The molecule has 1 aliphatic rings. The van der Waals surface area contributed by atoms with Gasteiger partial charge in [0, 0.05) is 23.2 Å². The highest BCUT2D eigenvalue weighted by Crippen LogP contribution is 2.55. The molecule has 4 heteroatoms. The number of rotatable bonds is 1. The number of hydrogen-bond acceptors (Lipinski definition) is 4. The minimum atomic E-state index is -0.309. The van der Waals surface area contributed by atoms with Crippen molar-refractivity contribution in [1.82, 2.24) is 0 Å². The molecule has 0 spiro atoms. The maximum Gasteiger partial charge on any atom is 0.222 e. The largest absolute Gasteiger partial charge is 0.454 e. The summed E-state index contributed by atoms with van der Waals surface area (Å²) < 4.78 is 12.7. The van der Waals surface area contributed by atoms with E-state index < -0.39 is 0 Å². The van der Waals surface area contributed by atoms with Crippen LogP contribution in [0.2, 0.25) is 0 Å². The topological polar surface area (TPSA) is 32.8 Å². The quantitative estimate of drug-likeness (QED) is 0.313. The Balaban J connectivity index is 1.75. The lowest BCUT2D eigenvalue weighted by Gasteiger charge is -2.39. The van der Waals surface area contributed by atoms with Crippen molar-refractivity contribution in [2.24, 2.45) is 0 Å². The summed E-state index contributed by atoms with van der Waals surface area (Å²) in [5.41, 5.74) is 5.80. The van der Waals surface area contributed by atoms with E-state index in [1.165, 1.54) is 5.56 Å². The van der Waals surface area contributed by atoms with Gasteiger partial charge in [0.1, 0.15) is 22.5 Å². The fourth-order valence-electron chi connectivity index (χ4n) is 4.67. The van der Waals surface area contributed by atoms with Crippen LogP contribution < -0.4 is 9.80 Å². The Morgan fingerprint density at radius 3 is 2.14 bits per heavy atom. The molecule has 29 heavy (non-hydrogen) atoms. The Bertz CT molecular complexity index is 1420. The monoisotopic (exact) mass is 382 g/mol. The number of benzene rings is 3. The van der Waals surface area contributed by atoms with Crippen molar-refractivity contribution in [3.05, 3.63) is 66.2 Å². The SMILES string of the molecule is Cc1ccc2c(oc3ccccc32)c1N1c2c(oc3ccccc23)N(C)C1(C)C. The molecule has 3 aromatic carbocycles. The van der Waals surface area contributed by atoms with Crippen LogP contribution in [0.5, 0.6) is 0 Å². The van der Waals surface area contributed by atoms with E-state index in [-0.39, 0.29) is 5.66 Å². The number of aryl methyl sites for hydroxylation is 1.